The number of amides is 1. The minimum absolute atomic E-state index is 0.00124. The van der Waals surface area contributed by atoms with Crippen molar-refractivity contribution in [3.8, 4) is 5.75 Å². The minimum atomic E-state index is -0.725. The molecule has 23 heavy (non-hydrogen) atoms. The van der Waals surface area contributed by atoms with Crippen LogP contribution in [0.25, 0.3) is 0 Å². The number of nitrogens with two attached hydrogens (primary N) is 1. The predicted molar refractivity (Wildman–Crippen MR) is 97.3 cm³/mol. The lowest BCUT2D eigenvalue weighted by Crippen LogP contribution is -2.32. The van der Waals surface area contributed by atoms with Gasteiger partial charge in [0.2, 0.25) is 0 Å². The molecule has 1 unspecified atom stereocenters. The molecule has 1 aromatic carbocycles. The molecule has 0 bridgehead atoms. The van der Waals surface area contributed by atoms with Gasteiger partial charge in [0.05, 0.1) is 6.61 Å². The van der Waals surface area contributed by atoms with Crippen LogP contribution in [0.3, 0.4) is 0 Å². The van der Waals surface area contributed by atoms with Crippen molar-refractivity contribution < 1.29 is 14.3 Å². The molecular weight excluding hydrogens is 382 g/mol. The molecule has 0 aromatic heterocycles. The molecule has 0 saturated carbocycles. The van der Waals surface area contributed by atoms with Gasteiger partial charge in [0, 0.05) is 10.4 Å². The Balaban J connectivity index is 2.63. The van der Waals surface area contributed by atoms with Crippen molar-refractivity contribution in [2.45, 2.75) is 51.5 Å². The van der Waals surface area contributed by atoms with Gasteiger partial charge in [-0.3, -0.25) is 0 Å². The lowest BCUT2D eigenvalue weighted by atomic mass is 9.86. The van der Waals surface area contributed by atoms with Crippen LogP contribution in [0.4, 0.5) is 4.79 Å². The maximum Gasteiger partial charge on any atom is 0.404 e. The van der Waals surface area contributed by atoms with Crippen LogP contribution in [-0.2, 0) is 10.1 Å². The van der Waals surface area contributed by atoms with E-state index < -0.39 is 6.09 Å². The quantitative estimate of drug-likeness (QED) is 0.471. The Morgan fingerprint density at radius 3 is 2.61 bits per heavy atom. The number of hydrogen-bond donors (Lipinski definition) is 1. The summed E-state index contributed by atoms with van der Waals surface area (Å²) in [5.74, 6) is 0.817. The van der Waals surface area contributed by atoms with Gasteiger partial charge < -0.3 is 15.2 Å². The molecule has 1 aromatic rings. The summed E-state index contributed by atoms with van der Waals surface area (Å²) in [5.41, 5.74) is 5.95. The number of benzene rings is 1. The maximum atomic E-state index is 10.5. The summed E-state index contributed by atoms with van der Waals surface area (Å²) in [4.78, 5) is 10.5. The molecule has 0 spiro atoms. The molecule has 0 aliphatic rings. The highest BCUT2D eigenvalue weighted by atomic mass is 79.9. The third-order valence-electron chi connectivity index (χ3n) is 3.51. The highest BCUT2D eigenvalue weighted by Gasteiger charge is 2.26. The van der Waals surface area contributed by atoms with Gasteiger partial charge in [0.1, 0.15) is 11.9 Å². The molecule has 2 N–H and O–H groups in total. The van der Waals surface area contributed by atoms with Crippen LogP contribution in [0.15, 0.2) is 18.2 Å². The molecule has 0 aliphatic heterocycles. The van der Waals surface area contributed by atoms with E-state index in [2.05, 4.69) is 36.7 Å². The van der Waals surface area contributed by atoms with Gasteiger partial charge in [0.15, 0.2) is 0 Å². The highest BCUT2D eigenvalue weighted by Crippen LogP contribution is 2.31. The summed E-state index contributed by atoms with van der Waals surface area (Å²) in [6.07, 6.45) is 1.87. The summed E-state index contributed by atoms with van der Waals surface area (Å²) >= 11 is 9.56. The molecule has 0 fully saturated rings. The first-order chi connectivity index (χ1) is 10.7. The van der Waals surface area contributed by atoms with Gasteiger partial charge in [0.25, 0.3) is 0 Å². The molecule has 0 heterocycles. The number of alkyl halides is 1. The zero-order chi connectivity index (χ0) is 17.5. The number of ether oxygens (including phenoxy) is 2. The first-order valence-electron chi connectivity index (χ1n) is 7.67. The van der Waals surface area contributed by atoms with E-state index in [1.807, 2.05) is 18.2 Å². The smallest absolute Gasteiger partial charge is 0.404 e. The van der Waals surface area contributed by atoms with Gasteiger partial charge in [-0.05, 0) is 48.4 Å². The molecule has 0 radical (unpaired) electrons. The van der Waals surface area contributed by atoms with E-state index in [-0.39, 0.29) is 11.5 Å². The van der Waals surface area contributed by atoms with Crippen LogP contribution in [0.1, 0.15) is 45.6 Å². The molecule has 6 heteroatoms. The van der Waals surface area contributed by atoms with Crippen molar-refractivity contribution in [3.05, 3.63) is 28.8 Å². The average molecular weight is 407 g/mol. The fourth-order valence-corrected chi connectivity index (χ4v) is 2.97. The van der Waals surface area contributed by atoms with E-state index >= 15 is 0 Å². The summed E-state index contributed by atoms with van der Waals surface area (Å²) in [6.45, 7) is 6.80. The maximum absolute atomic E-state index is 10.5. The molecular formula is C17H25BrClNO3. The van der Waals surface area contributed by atoms with E-state index in [4.69, 9.17) is 26.8 Å². The normalized spacial score (nSPS) is 12.7. The molecule has 130 valence electrons. The Kier molecular flexibility index (Phi) is 8.20. The van der Waals surface area contributed by atoms with Crippen molar-refractivity contribution in [2.24, 2.45) is 11.1 Å². The molecule has 4 nitrogen and oxygen atoms in total. The monoisotopic (exact) mass is 405 g/mol. The Labute approximate surface area is 151 Å². The second-order valence-corrected chi connectivity index (χ2v) is 7.49. The summed E-state index contributed by atoms with van der Waals surface area (Å²) in [6, 6.07) is 5.71. The van der Waals surface area contributed by atoms with Crippen LogP contribution in [-0.4, -0.2) is 18.8 Å². The van der Waals surface area contributed by atoms with Crippen molar-refractivity contribution >= 4 is 33.6 Å². The highest BCUT2D eigenvalue weighted by molar-refractivity contribution is 9.08. The molecule has 1 rings (SSSR count). The van der Waals surface area contributed by atoms with Crippen molar-refractivity contribution in [1.29, 1.82) is 0 Å². The number of unbranched alkanes of at least 4 members (excludes halogenated alkanes) is 1. The van der Waals surface area contributed by atoms with Crippen molar-refractivity contribution in [2.75, 3.05) is 6.61 Å². The Morgan fingerprint density at radius 1 is 1.35 bits per heavy atom. The largest absolute Gasteiger partial charge is 0.490 e. The van der Waals surface area contributed by atoms with Crippen LogP contribution < -0.4 is 10.5 Å². The number of rotatable bonds is 8. The van der Waals surface area contributed by atoms with Gasteiger partial charge in [-0.15, -0.1) is 0 Å². The second-order valence-electron chi connectivity index (χ2n) is 6.52. The second kappa shape index (κ2) is 9.38. The standard InChI is InChI=1S/C17H25BrClNO3/c1-17(2,3)15(6-4-5-9-22-16(20)21)23-13-7-8-14(19)12(10-13)11-18/h7-8,10,15H,4-6,9,11H2,1-3H3,(H2,20,21). The zero-order valence-corrected chi connectivity index (χ0v) is 16.2. The fourth-order valence-electron chi connectivity index (χ4n) is 2.16. The lowest BCUT2D eigenvalue weighted by molar-refractivity contribution is 0.0742. The summed E-state index contributed by atoms with van der Waals surface area (Å²) in [7, 11) is 0. The van der Waals surface area contributed by atoms with Crippen LogP contribution in [0, 0.1) is 5.41 Å². The number of primary amides is 1. The van der Waals surface area contributed by atoms with E-state index in [0.717, 1.165) is 35.6 Å². The average Bonchev–Trinajstić information content (AvgIpc) is 2.46. The topological polar surface area (TPSA) is 61.5 Å². The summed E-state index contributed by atoms with van der Waals surface area (Å²) < 4.78 is 10.9. The summed E-state index contributed by atoms with van der Waals surface area (Å²) in [5, 5.41) is 1.42. The number of carbonyl (C=O) groups excluding carboxylic acids is 1. The Bertz CT molecular complexity index is 517. The number of halogens is 2. The molecule has 1 amide bonds. The third-order valence-corrected chi connectivity index (χ3v) is 4.48. The van der Waals surface area contributed by atoms with Crippen LogP contribution in [0.5, 0.6) is 5.75 Å². The van der Waals surface area contributed by atoms with Gasteiger partial charge in [-0.25, -0.2) is 4.79 Å². The lowest BCUT2D eigenvalue weighted by Gasteiger charge is -2.31. The van der Waals surface area contributed by atoms with E-state index in [1.54, 1.807) is 0 Å². The van der Waals surface area contributed by atoms with Gasteiger partial charge in [-0.2, -0.15) is 0 Å². The van der Waals surface area contributed by atoms with Gasteiger partial charge in [-0.1, -0.05) is 48.3 Å². The molecule has 1 atom stereocenters. The Morgan fingerprint density at radius 2 is 2.04 bits per heavy atom. The number of hydrogen-bond acceptors (Lipinski definition) is 3. The van der Waals surface area contributed by atoms with Crippen molar-refractivity contribution in [1.82, 2.24) is 0 Å². The molecule has 0 aliphatic carbocycles. The molecule has 0 saturated heterocycles. The third kappa shape index (κ3) is 7.44. The predicted octanol–water partition coefficient (Wildman–Crippen LogP) is 5.29. The van der Waals surface area contributed by atoms with E-state index in [0.29, 0.717) is 11.9 Å². The van der Waals surface area contributed by atoms with E-state index in [1.165, 1.54) is 0 Å². The first kappa shape index (κ1) is 20.1. The SMILES string of the molecule is CC(C)(C)C(CCCCOC(N)=O)Oc1ccc(Cl)c(CBr)c1. The fraction of sp³-hybridized carbons (Fsp3) is 0.588. The number of carbonyl (C=O) groups is 1. The van der Waals surface area contributed by atoms with Crippen LogP contribution in [0.2, 0.25) is 5.02 Å². The first-order valence-corrected chi connectivity index (χ1v) is 9.17. The minimum Gasteiger partial charge on any atom is -0.490 e. The van der Waals surface area contributed by atoms with Crippen molar-refractivity contribution in [3.63, 3.8) is 0 Å². The van der Waals surface area contributed by atoms with E-state index in [9.17, 15) is 4.79 Å². The van der Waals surface area contributed by atoms with Gasteiger partial charge >= 0.3 is 6.09 Å². The van der Waals surface area contributed by atoms with Crippen LogP contribution >= 0.6 is 27.5 Å². The Hall–Kier alpha value is -0.940. The zero-order valence-electron chi connectivity index (χ0n) is 13.9.